The number of carbonyl (C=O) groups excluding carboxylic acids is 1. The Hall–Kier alpha value is -0.450. The highest BCUT2D eigenvalue weighted by atomic mass is 127. The minimum absolute atomic E-state index is 0.141. The maximum atomic E-state index is 13.1. The van der Waals surface area contributed by atoms with Crippen molar-refractivity contribution >= 4 is 28.4 Å². The predicted molar refractivity (Wildman–Crippen MR) is 79.2 cm³/mol. The zero-order valence-corrected chi connectivity index (χ0v) is 12.7. The third-order valence-corrected chi connectivity index (χ3v) is 4.86. The summed E-state index contributed by atoms with van der Waals surface area (Å²) < 4.78 is 13.8. The van der Waals surface area contributed by atoms with Gasteiger partial charge in [0.1, 0.15) is 5.82 Å². The second-order valence-electron chi connectivity index (χ2n) is 5.05. The summed E-state index contributed by atoms with van der Waals surface area (Å²) in [6.45, 7) is 2.16. The largest absolute Gasteiger partial charge is 0.294 e. The maximum Gasteiger partial charge on any atom is 0.167 e. The molecule has 0 N–H and O–H groups in total. The van der Waals surface area contributed by atoms with Crippen LogP contribution in [-0.2, 0) is 0 Å². The van der Waals surface area contributed by atoms with Crippen LogP contribution in [0.3, 0.4) is 0 Å². The average Bonchev–Trinajstić information content (AvgIpc) is 2.38. The van der Waals surface area contributed by atoms with Gasteiger partial charge in [-0.05, 0) is 59.5 Å². The quantitative estimate of drug-likeness (QED) is 0.558. The molecule has 0 spiro atoms. The number of hydrogen-bond donors (Lipinski definition) is 0. The minimum Gasteiger partial charge on any atom is -0.294 e. The van der Waals surface area contributed by atoms with E-state index in [1.807, 2.05) is 0 Å². The van der Waals surface area contributed by atoms with Gasteiger partial charge in [-0.3, -0.25) is 4.79 Å². The molecule has 0 aromatic heterocycles. The zero-order chi connectivity index (χ0) is 13.1. The second kappa shape index (κ2) is 6.13. The second-order valence-corrected chi connectivity index (χ2v) is 6.21. The summed E-state index contributed by atoms with van der Waals surface area (Å²) in [5.41, 5.74) is 0.697. The van der Waals surface area contributed by atoms with Crippen molar-refractivity contribution in [1.82, 2.24) is 0 Å². The number of Topliss-reactive ketones (excluding diaryl/α,β-unsaturated/α-hetero) is 1. The first-order valence-electron chi connectivity index (χ1n) is 6.62. The molecule has 3 heteroatoms. The van der Waals surface area contributed by atoms with Crippen molar-refractivity contribution in [2.75, 3.05) is 0 Å². The Balaban J connectivity index is 2.24. The number of halogens is 2. The van der Waals surface area contributed by atoms with E-state index in [1.54, 1.807) is 6.07 Å². The van der Waals surface area contributed by atoms with E-state index in [2.05, 4.69) is 29.5 Å². The van der Waals surface area contributed by atoms with Gasteiger partial charge in [0.15, 0.2) is 5.78 Å². The van der Waals surface area contributed by atoms with Gasteiger partial charge in [0.05, 0.1) is 0 Å². The third-order valence-electron chi connectivity index (χ3n) is 3.97. The average molecular weight is 360 g/mol. The van der Waals surface area contributed by atoms with Crippen molar-refractivity contribution in [2.45, 2.75) is 39.0 Å². The van der Waals surface area contributed by atoms with E-state index in [4.69, 9.17) is 0 Å². The van der Waals surface area contributed by atoms with Gasteiger partial charge in [0.2, 0.25) is 0 Å². The Labute approximate surface area is 121 Å². The highest BCUT2D eigenvalue weighted by Crippen LogP contribution is 2.35. The molecule has 1 aromatic carbocycles. The van der Waals surface area contributed by atoms with Gasteiger partial charge in [-0.25, -0.2) is 4.39 Å². The van der Waals surface area contributed by atoms with E-state index in [0.717, 1.165) is 29.3 Å². The molecule has 18 heavy (non-hydrogen) atoms. The molecular weight excluding hydrogens is 342 g/mol. The molecule has 0 heterocycles. The van der Waals surface area contributed by atoms with Gasteiger partial charge < -0.3 is 0 Å². The molecule has 2 atom stereocenters. The number of carbonyl (C=O) groups is 1. The number of hydrogen-bond acceptors (Lipinski definition) is 1. The van der Waals surface area contributed by atoms with Crippen molar-refractivity contribution in [3.05, 3.63) is 33.1 Å². The van der Waals surface area contributed by atoms with Crippen LogP contribution in [0.5, 0.6) is 0 Å². The molecule has 0 radical (unpaired) electrons. The molecule has 2 rings (SSSR count). The minimum atomic E-state index is -0.272. The van der Waals surface area contributed by atoms with E-state index in [0.29, 0.717) is 11.5 Å². The van der Waals surface area contributed by atoms with Gasteiger partial charge in [0, 0.05) is 15.1 Å². The molecule has 1 saturated carbocycles. The summed E-state index contributed by atoms with van der Waals surface area (Å²) in [5.74, 6) is 0.590. The smallest absolute Gasteiger partial charge is 0.167 e. The molecule has 1 nitrogen and oxygen atoms in total. The first-order valence-corrected chi connectivity index (χ1v) is 7.70. The van der Waals surface area contributed by atoms with E-state index >= 15 is 0 Å². The topological polar surface area (TPSA) is 17.1 Å². The zero-order valence-electron chi connectivity index (χ0n) is 10.6. The number of rotatable bonds is 3. The fraction of sp³-hybridized carbons (Fsp3) is 0.533. The van der Waals surface area contributed by atoms with Crippen LogP contribution in [0, 0.1) is 21.2 Å². The maximum absolute atomic E-state index is 13.1. The van der Waals surface area contributed by atoms with Gasteiger partial charge in [-0.1, -0.05) is 26.2 Å². The first kappa shape index (κ1) is 14.0. The molecule has 0 bridgehead atoms. The first-order chi connectivity index (χ1) is 8.63. The molecule has 1 aromatic rings. The fourth-order valence-electron chi connectivity index (χ4n) is 2.93. The molecule has 0 amide bonds. The lowest BCUT2D eigenvalue weighted by atomic mass is 9.74. The fourth-order valence-corrected chi connectivity index (χ4v) is 3.67. The standard InChI is InChI=1S/C15H18FIO/c1-2-10-5-3-4-6-12(10)15(18)13-8-7-11(16)9-14(13)17/h7-10,12H,2-6H2,1H3. The normalized spacial score (nSPS) is 23.9. The van der Waals surface area contributed by atoms with Crippen LogP contribution in [0.1, 0.15) is 49.4 Å². The van der Waals surface area contributed by atoms with Crippen molar-refractivity contribution in [3.8, 4) is 0 Å². The van der Waals surface area contributed by atoms with Crippen LogP contribution in [-0.4, -0.2) is 5.78 Å². The van der Waals surface area contributed by atoms with Crippen molar-refractivity contribution in [2.24, 2.45) is 11.8 Å². The van der Waals surface area contributed by atoms with E-state index in [9.17, 15) is 9.18 Å². The third kappa shape index (κ3) is 2.92. The Morgan fingerprint density at radius 1 is 1.39 bits per heavy atom. The van der Waals surface area contributed by atoms with Gasteiger partial charge in [0.25, 0.3) is 0 Å². The molecule has 0 aliphatic heterocycles. The summed E-state index contributed by atoms with van der Waals surface area (Å²) in [7, 11) is 0. The molecule has 2 unspecified atom stereocenters. The highest BCUT2D eigenvalue weighted by Gasteiger charge is 2.31. The van der Waals surface area contributed by atoms with E-state index in [-0.39, 0.29) is 17.5 Å². The lowest BCUT2D eigenvalue weighted by Crippen LogP contribution is -2.27. The summed E-state index contributed by atoms with van der Waals surface area (Å²) in [6, 6.07) is 4.47. The van der Waals surface area contributed by atoms with Crippen LogP contribution in [0.15, 0.2) is 18.2 Å². The predicted octanol–water partition coefficient (Wildman–Crippen LogP) is 4.83. The SMILES string of the molecule is CCC1CCCCC1C(=O)c1ccc(F)cc1I. The lowest BCUT2D eigenvalue weighted by Gasteiger charge is -2.29. The molecule has 1 aliphatic carbocycles. The van der Waals surface area contributed by atoms with Gasteiger partial charge in [-0.15, -0.1) is 0 Å². The lowest BCUT2D eigenvalue weighted by molar-refractivity contribution is 0.0819. The van der Waals surface area contributed by atoms with Crippen molar-refractivity contribution in [1.29, 1.82) is 0 Å². The Morgan fingerprint density at radius 3 is 2.78 bits per heavy atom. The van der Waals surface area contributed by atoms with Crippen LogP contribution >= 0.6 is 22.6 Å². The van der Waals surface area contributed by atoms with E-state index in [1.165, 1.54) is 18.6 Å². The summed E-state index contributed by atoms with van der Waals surface area (Å²) in [5, 5.41) is 0. The summed E-state index contributed by atoms with van der Waals surface area (Å²) in [4.78, 5) is 12.6. The van der Waals surface area contributed by atoms with Gasteiger partial charge in [-0.2, -0.15) is 0 Å². The highest BCUT2D eigenvalue weighted by molar-refractivity contribution is 14.1. The molecule has 1 fully saturated rings. The van der Waals surface area contributed by atoms with Crippen LogP contribution in [0.4, 0.5) is 4.39 Å². The molecule has 98 valence electrons. The van der Waals surface area contributed by atoms with Crippen molar-refractivity contribution < 1.29 is 9.18 Å². The Morgan fingerprint density at radius 2 is 2.11 bits per heavy atom. The number of ketones is 1. The molecule has 0 saturated heterocycles. The Bertz CT molecular complexity index is 444. The van der Waals surface area contributed by atoms with Crippen molar-refractivity contribution in [3.63, 3.8) is 0 Å². The monoisotopic (exact) mass is 360 g/mol. The summed E-state index contributed by atoms with van der Waals surface area (Å²) >= 11 is 2.06. The number of benzene rings is 1. The van der Waals surface area contributed by atoms with Gasteiger partial charge >= 0.3 is 0 Å². The van der Waals surface area contributed by atoms with Crippen LogP contribution in [0.25, 0.3) is 0 Å². The molecular formula is C15H18FIO. The molecule has 1 aliphatic rings. The van der Waals surface area contributed by atoms with E-state index < -0.39 is 0 Å². The summed E-state index contributed by atoms with van der Waals surface area (Å²) in [6.07, 6.45) is 5.59. The van der Waals surface area contributed by atoms with Crippen LogP contribution in [0.2, 0.25) is 0 Å². The van der Waals surface area contributed by atoms with Crippen LogP contribution < -0.4 is 0 Å². The Kier molecular flexibility index (Phi) is 4.76.